The molecule has 3 heterocycles. The van der Waals surface area contributed by atoms with E-state index < -0.39 is 0 Å². The van der Waals surface area contributed by atoms with Gasteiger partial charge in [-0.25, -0.2) is 15.0 Å². The minimum absolute atomic E-state index is 0.657. The van der Waals surface area contributed by atoms with Gasteiger partial charge in [-0.15, -0.1) is 11.3 Å². The molecule has 5 heteroatoms. The van der Waals surface area contributed by atoms with Gasteiger partial charge in [-0.3, -0.25) is 0 Å². The van der Waals surface area contributed by atoms with E-state index in [1.165, 1.54) is 25.7 Å². The molecule has 0 bridgehead atoms. The maximum Gasteiger partial charge on any atom is 0.166 e. The number of rotatable bonds is 4. The third kappa shape index (κ3) is 3.63. The van der Waals surface area contributed by atoms with Crippen LogP contribution >= 0.6 is 11.3 Å². The summed E-state index contributed by atoms with van der Waals surface area (Å²) in [5.41, 5.74) is 6.33. The van der Waals surface area contributed by atoms with Gasteiger partial charge >= 0.3 is 0 Å². The van der Waals surface area contributed by atoms with Crippen LogP contribution in [-0.4, -0.2) is 19.5 Å². The number of hydrogen-bond acceptors (Lipinski definition) is 4. The molecule has 0 fully saturated rings. The van der Waals surface area contributed by atoms with Gasteiger partial charge in [-0.2, -0.15) is 0 Å². The Morgan fingerprint density at radius 2 is 1.00 bits per heavy atom. The van der Waals surface area contributed by atoms with Crippen molar-refractivity contribution in [3.8, 4) is 39.9 Å². The number of nitrogens with zero attached hydrogens (tertiary/aromatic N) is 4. The lowest BCUT2D eigenvalue weighted by Gasteiger charge is -2.13. The summed E-state index contributed by atoms with van der Waals surface area (Å²) in [6.07, 6.45) is 0. The third-order valence-electron chi connectivity index (χ3n) is 7.25. The summed E-state index contributed by atoms with van der Waals surface area (Å²) >= 11 is 1.84. The quantitative estimate of drug-likeness (QED) is 0.228. The molecule has 8 aromatic rings. The predicted molar refractivity (Wildman–Crippen MR) is 166 cm³/mol. The van der Waals surface area contributed by atoms with E-state index in [-0.39, 0.29) is 0 Å². The largest absolute Gasteiger partial charge is 0.307 e. The molecule has 8 rings (SSSR count). The van der Waals surface area contributed by atoms with Crippen LogP contribution in [0, 0.1) is 0 Å². The molecule has 0 aliphatic rings. The first-order chi connectivity index (χ1) is 19.8. The summed E-state index contributed by atoms with van der Waals surface area (Å²) in [7, 11) is 0. The molecule has 4 nitrogen and oxygen atoms in total. The number of para-hydroxylation sites is 2. The van der Waals surface area contributed by atoms with Crippen LogP contribution in [0.2, 0.25) is 0 Å². The standard InChI is InChI=1S/C35H22N4S/c1-4-13-23(14-5-1)33-36-34(24-15-6-2-7-16-24)38-35(37-33)28-21-12-20-27-30(28)39(25-17-8-3-9-18-25)31-26-19-10-11-22-29(26)40-32(27)31/h1-22H. The molecule has 0 radical (unpaired) electrons. The number of aromatic nitrogens is 4. The third-order valence-corrected chi connectivity index (χ3v) is 8.45. The molecule has 40 heavy (non-hydrogen) atoms. The number of fused-ring (bicyclic) bond motifs is 5. The van der Waals surface area contributed by atoms with E-state index in [9.17, 15) is 0 Å². The van der Waals surface area contributed by atoms with Crippen molar-refractivity contribution in [1.29, 1.82) is 0 Å². The fourth-order valence-electron chi connectivity index (χ4n) is 5.46. The van der Waals surface area contributed by atoms with Crippen molar-refractivity contribution in [3.05, 3.63) is 133 Å². The minimum Gasteiger partial charge on any atom is -0.307 e. The van der Waals surface area contributed by atoms with Gasteiger partial charge in [0.05, 0.1) is 15.7 Å². The zero-order chi connectivity index (χ0) is 26.5. The van der Waals surface area contributed by atoms with Gasteiger partial charge in [0.15, 0.2) is 17.5 Å². The zero-order valence-corrected chi connectivity index (χ0v) is 22.2. The van der Waals surface area contributed by atoms with E-state index in [2.05, 4.69) is 77.4 Å². The molecule has 0 atom stereocenters. The van der Waals surface area contributed by atoms with Crippen LogP contribution in [0.15, 0.2) is 133 Å². The lowest BCUT2D eigenvalue weighted by atomic mass is 10.1. The van der Waals surface area contributed by atoms with Gasteiger partial charge < -0.3 is 4.57 Å². The van der Waals surface area contributed by atoms with Crippen molar-refractivity contribution in [2.45, 2.75) is 0 Å². The van der Waals surface area contributed by atoms with E-state index in [4.69, 9.17) is 15.0 Å². The monoisotopic (exact) mass is 530 g/mol. The highest BCUT2D eigenvalue weighted by atomic mass is 32.1. The van der Waals surface area contributed by atoms with Gasteiger partial charge in [0, 0.05) is 37.9 Å². The summed E-state index contributed by atoms with van der Waals surface area (Å²) in [4.78, 5) is 15.0. The van der Waals surface area contributed by atoms with Gasteiger partial charge in [-0.1, -0.05) is 109 Å². The van der Waals surface area contributed by atoms with Gasteiger partial charge in [0.2, 0.25) is 0 Å². The number of thiophene rings is 1. The zero-order valence-electron chi connectivity index (χ0n) is 21.4. The average molecular weight is 531 g/mol. The Morgan fingerprint density at radius 1 is 0.450 bits per heavy atom. The summed E-state index contributed by atoms with van der Waals surface area (Å²) in [6.45, 7) is 0. The fraction of sp³-hybridized carbons (Fsp3) is 0. The summed E-state index contributed by atoms with van der Waals surface area (Å²) in [5.74, 6) is 1.98. The van der Waals surface area contributed by atoms with E-state index in [0.717, 1.165) is 27.9 Å². The highest BCUT2D eigenvalue weighted by molar-refractivity contribution is 7.26. The number of hydrogen-bond donors (Lipinski definition) is 0. The second kappa shape index (κ2) is 9.26. The Hall–Kier alpha value is -5.13. The van der Waals surface area contributed by atoms with Gasteiger partial charge in [0.25, 0.3) is 0 Å². The highest BCUT2D eigenvalue weighted by Crippen LogP contribution is 2.44. The lowest BCUT2D eigenvalue weighted by Crippen LogP contribution is -2.02. The highest BCUT2D eigenvalue weighted by Gasteiger charge is 2.22. The molecule has 5 aromatic carbocycles. The van der Waals surface area contributed by atoms with Gasteiger partial charge in [0.1, 0.15) is 0 Å². The van der Waals surface area contributed by atoms with Crippen molar-refractivity contribution in [2.24, 2.45) is 0 Å². The smallest absolute Gasteiger partial charge is 0.166 e. The van der Waals surface area contributed by atoms with Crippen molar-refractivity contribution in [3.63, 3.8) is 0 Å². The van der Waals surface area contributed by atoms with Crippen molar-refractivity contribution >= 4 is 42.5 Å². The van der Waals surface area contributed by atoms with Crippen molar-refractivity contribution < 1.29 is 0 Å². The fourth-order valence-corrected chi connectivity index (χ4v) is 6.67. The second-order valence-corrected chi connectivity index (χ2v) is 10.7. The molecule has 3 aromatic heterocycles. The Kier molecular flexibility index (Phi) is 5.28. The molecule has 0 amide bonds. The van der Waals surface area contributed by atoms with Crippen LogP contribution in [-0.2, 0) is 0 Å². The van der Waals surface area contributed by atoms with Crippen LogP contribution in [0.3, 0.4) is 0 Å². The Labute approximate surface area is 234 Å². The van der Waals surface area contributed by atoms with E-state index in [1.807, 2.05) is 72.0 Å². The Bertz CT molecular complexity index is 2090. The Morgan fingerprint density at radius 3 is 1.68 bits per heavy atom. The van der Waals surface area contributed by atoms with Crippen LogP contribution in [0.4, 0.5) is 0 Å². The maximum absolute atomic E-state index is 5.07. The number of benzene rings is 5. The maximum atomic E-state index is 5.07. The molecule has 0 aliphatic heterocycles. The molecule has 0 unspecified atom stereocenters. The van der Waals surface area contributed by atoms with E-state index >= 15 is 0 Å². The SMILES string of the molecule is c1ccc(-c2nc(-c3ccccc3)nc(-c3cccc4c5sc6ccccc6c5n(-c5ccccc5)c34)n2)cc1. The van der Waals surface area contributed by atoms with Crippen LogP contribution < -0.4 is 0 Å². The molecule has 0 N–H and O–H groups in total. The normalized spacial score (nSPS) is 11.5. The molecule has 0 saturated heterocycles. The summed E-state index contributed by atoms with van der Waals surface area (Å²) < 4.78 is 4.93. The van der Waals surface area contributed by atoms with Crippen molar-refractivity contribution in [1.82, 2.24) is 19.5 Å². The molecular formula is C35H22N4S. The average Bonchev–Trinajstić information content (AvgIpc) is 3.57. The lowest BCUT2D eigenvalue weighted by molar-refractivity contribution is 1.07. The summed E-state index contributed by atoms with van der Waals surface area (Å²) in [5, 5.41) is 2.44. The predicted octanol–water partition coefficient (Wildman–Crippen LogP) is 9.18. The van der Waals surface area contributed by atoms with Gasteiger partial charge in [-0.05, 0) is 24.3 Å². The van der Waals surface area contributed by atoms with Crippen LogP contribution in [0.5, 0.6) is 0 Å². The van der Waals surface area contributed by atoms with Crippen LogP contribution in [0.1, 0.15) is 0 Å². The van der Waals surface area contributed by atoms with Crippen molar-refractivity contribution in [2.75, 3.05) is 0 Å². The molecule has 0 saturated carbocycles. The molecule has 188 valence electrons. The summed E-state index contributed by atoms with van der Waals surface area (Å²) in [6, 6.07) is 45.9. The first kappa shape index (κ1) is 22.8. The minimum atomic E-state index is 0.657. The Balaban J connectivity index is 1.49. The van der Waals surface area contributed by atoms with E-state index in [0.29, 0.717) is 17.5 Å². The first-order valence-corrected chi connectivity index (χ1v) is 14.0. The van der Waals surface area contributed by atoms with E-state index in [1.54, 1.807) is 0 Å². The second-order valence-electron chi connectivity index (χ2n) is 9.69. The molecular weight excluding hydrogens is 508 g/mol. The first-order valence-electron chi connectivity index (χ1n) is 13.2. The molecule has 0 aliphatic carbocycles. The topological polar surface area (TPSA) is 43.6 Å². The van der Waals surface area contributed by atoms with Crippen LogP contribution in [0.25, 0.3) is 71.1 Å². The molecule has 0 spiro atoms.